The third-order valence-electron chi connectivity index (χ3n) is 6.16. The van der Waals surface area contributed by atoms with E-state index in [0.717, 1.165) is 16.8 Å². The SMILES string of the molecule is COC(=O)C1=C(C)N=c2sc(=Cc3ccc(-c4cccc(Cl)c4)o3)c(=O)n2C1c1ccc(N(C)C)cc1. The van der Waals surface area contributed by atoms with Gasteiger partial charge in [-0.25, -0.2) is 9.79 Å². The number of anilines is 1. The summed E-state index contributed by atoms with van der Waals surface area (Å²) in [4.78, 5) is 33.6. The fourth-order valence-electron chi connectivity index (χ4n) is 4.32. The summed E-state index contributed by atoms with van der Waals surface area (Å²) in [6, 6.07) is 18.1. The van der Waals surface area contributed by atoms with E-state index in [0.29, 0.717) is 37.1 Å². The maximum absolute atomic E-state index is 13.7. The Hall–Kier alpha value is -3.88. The van der Waals surface area contributed by atoms with Crippen molar-refractivity contribution in [3.8, 4) is 11.3 Å². The van der Waals surface area contributed by atoms with Crippen molar-refractivity contribution in [2.45, 2.75) is 13.0 Å². The zero-order valence-corrected chi connectivity index (χ0v) is 22.3. The molecule has 0 spiro atoms. The monoisotopic (exact) mass is 533 g/mol. The summed E-state index contributed by atoms with van der Waals surface area (Å²) in [5, 5.41) is 0.610. The fourth-order valence-corrected chi connectivity index (χ4v) is 5.54. The molecule has 9 heteroatoms. The van der Waals surface area contributed by atoms with Crippen molar-refractivity contribution in [1.82, 2.24) is 4.57 Å². The molecule has 188 valence electrons. The number of rotatable bonds is 5. The molecule has 0 fully saturated rings. The Kier molecular flexibility index (Phi) is 6.62. The molecule has 2 aromatic carbocycles. The molecule has 0 amide bonds. The molecule has 1 aliphatic heterocycles. The van der Waals surface area contributed by atoms with Crippen LogP contribution in [-0.2, 0) is 9.53 Å². The number of fused-ring (bicyclic) bond motifs is 1. The molecule has 4 aromatic rings. The van der Waals surface area contributed by atoms with Crippen LogP contribution in [0.15, 0.2) is 86.1 Å². The normalized spacial score (nSPS) is 15.4. The van der Waals surface area contributed by atoms with Gasteiger partial charge in [0.05, 0.1) is 29.0 Å². The van der Waals surface area contributed by atoms with Crippen molar-refractivity contribution < 1.29 is 13.9 Å². The maximum atomic E-state index is 13.7. The summed E-state index contributed by atoms with van der Waals surface area (Å²) in [5.74, 6) is 0.648. The molecule has 0 aliphatic carbocycles. The molecule has 37 heavy (non-hydrogen) atoms. The third-order valence-corrected chi connectivity index (χ3v) is 7.38. The fraction of sp³-hybridized carbons (Fsp3) is 0.179. The Labute approximate surface area is 222 Å². The zero-order valence-electron chi connectivity index (χ0n) is 20.7. The molecule has 1 aliphatic rings. The molecular formula is C28H24ClN3O4S. The van der Waals surface area contributed by atoms with Gasteiger partial charge >= 0.3 is 5.97 Å². The minimum atomic E-state index is -0.666. The summed E-state index contributed by atoms with van der Waals surface area (Å²) in [6.45, 7) is 1.76. The van der Waals surface area contributed by atoms with Crippen molar-refractivity contribution in [3.05, 3.63) is 108 Å². The molecule has 0 radical (unpaired) electrons. The lowest BCUT2D eigenvalue weighted by Crippen LogP contribution is -2.39. The van der Waals surface area contributed by atoms with Gasteiger partial charge in [-0.3, -0.25) is 9.36 Å². The molecule has 7 nitrogen and oxygen atoms in total. The Bertz CT molecular complexity index is 1710. The van der Waals surface area contributed by atoms with Gasteiger partial charge in [-0.2, -0.15) is 0 Å². The quantitative estimate of drug-likeness (QED) is 0.356. The number of nitrogens with zero attached hydrogens (tertiary/aromatic N) is 3. The van der Waals surface area contributed by atoms with Gasteiger partial charge in [0.15, 0.2) is 4.80 Å². The van der Waals surface area contributed by atoms with Gasteiger partial charge in [0, 0.05) is 36.4 Å². The second-order valence-corrected chi connectivity index (χ2v) is 10.2. The van der Waals surface area contributed by atoms with E-state index in [2.05, 4.69) is 4.99 Å². The number of ether oxygens (including phenoxy) is 1. The largest absolute Gasteiger partial charge is 0.466 e. The lowest BCUT2D eigenvalue weighted by molar-refractivity contribution is -0.136. The Morgan fingerprint density at radius 3 is 2.59 bits per heavy atom. The second kappa shape index (κ2) is 9.88. The Morgan fingerprint density at radius 2 is 1.92 bits per heavy atom. The van der Waals surface area contributed by atoms with Crippen LogP contribution < -0.4 is 19.8 Å². The molecule has 0 saturated carbocycles. The first-order chi connectivity index (χ1) is 17.8. The van der Waals surface area contributed by atoms with Gasteiger partial charge in [-0.05, 0) is 48.9 Å². The Balaban J connectivity index is 1.63. The summed E-state index contributed by atoms with van der Waals surface area (Å²) in [7, 11) is 5.23. The summed E-state index contributed by atoms with van der Waals surface area (Å²) in [5.41, 5.74) is 3.22. The highest BCUT2D eigenvalue weighted by molar-refractivity contribution is 7.07. The summed E-state index contributed by atoms with van der Waals surface area (Å²) < 4.78 is 13.1. The molecule has 3 heterocycles. The van der Waals surface area contributed by atoms with E-state index in [1.165, 1.54) is 18.4 Å². The van der Waals surface area contributed by atoms with E-state index in [9.17, 15) is 9.59 Å². The number of thiazole rings is 1. The highest BCUT2D eigenvalue weighted by Crippen LogP contribution is 2.31. The number of halogens is 1. The molecule has 0 saturated heterocycles. The number of esters is 1. The minimum Gasteiger partial charge on any atom is -0.466 e. The first-order valence-corrected chi connectivity index (χ1v) is 12.7. The van der Waals surface area contributed by atoms with Crippen molar-refractivity contribution in [1.29, 1.82) is 0 Å². The van der Waals surface area contributed by atoms with Crippen molar-refractivity contribution in [3.63, 3.8) is 0 Å². The highest BCUT2D eigenvalue weighted by atomic mass is 35.5. The standard InChI is InChI=1S/C28H24ClN3O4S/c1-16-24(27(34)35-4)25(17-8-10-20(11-9-17)31(2)3)32-26(33)23(37-28(32)30-16)15-21-12-13-22(36-21)18-6-5-7-19(29)14-18/h5-15,25H,1-4H3. The number of carbonyl (C=O) groups is 1. The average molecular weight is 534 g/mol. The van der Waals surface area contributed by atoms with E-state index in [4.69, 9.17) is 20.8 Å². The number of aromatic nitrogens is 1. The van der Waals surface area contributed by atoms with Crippen LogP contribution in [0.3, 0.4) is 0 Å². The van der Waals surface area contributed by atoms with Crippen LogP contribution in [0.1, 0.15) is 24.3 Å². The van der Waals surface area contributed by atoms with E-state index in [1.807, 2.05) is 67.5 Å². The van der Waals surface area contributed by atoms with Crippen LogP contribution >= 0.6 is 22.9 Å². The van der Waals surface area contributed by atoms with E-state index >= 15 is 0 Å². The molecule has 0 N–H and O–H groups in total. The first-order valence-electron chi connectivity index (χ1n) is 11.5. The predicted molar refractivity (Wildman–Crippen MR) is 146 cm³/mol. The molecular weight excluding hydrogens is 510 g/mol. The van der Waals surface area contributed by atoms with Crippen LogP contribution in [0.4, 0.5) is 5.69 Å². The minimum absolute atomic E-state index is 0.264. The van der Waals surface area contributed by atoms with Crippen molar-refractivity contribution >= 4 is 40.7 Å². The average Bonchev–Trinajstić information content (AvgIpc) is 3.47. The zero-order chi connectivity index (χ0) is 26.3. The van der Waals surface area contributed by atoms with Crippen LogP contribution in [0, 0.1) is 0 Å². The van der Waals surface area contributed by atoms with E-state index in [1.54, 1.807) is 29.7 Å². The Morgan fingerprint density at radius 1 is 1.16 bits per heavy atom. The van der Waals surface area contributed by atoms with Crippen molar-refractivity contribution in [2.75, 3.05) is 26.1 Å². The number of benzene rings is 2. The van der Waals surface area contributed by atoms with Gasteiger partial charge in [-0.1, -0.05) is 47.2 Å². The van der Waals surface area contributed by atoms with Crippen LogP contribution in [0.25, 0.3) is 17.4 Å². The molecule has 2 aromatic heterocycles. The smallest absolute Gasteiger partial charge is 0.338 e. The lowest BCUT2D eigenvalue weighted by atomic mass is 9.95. The highest BCUT2D eigenvalue weighted by Gasteiger charge is 2.33. The van der Waals surface area contributed by atoms with Crippen molar-refractivity contribution in [2.24, 2.45) is 4.99 Å². The van der Waals surface area contributed by atoms with Gasteiger partial charge in [0.1, 0.15) is 11.5 Å². The van der Waals surface area contributed by atoms with E-state index in [-0.39, 0.29) is 5.56 Å². The molecule has 1 unspecified atom stereocenters. The van der Waals surface area contributed by atoms with Gasteiger partial charge in [0.25, 0.3) is 5.56 Å². The number of hydrogen-bond acceptors (Lipinski definition) is 7. The van der Waals surface area contributed by atoms with Gasteiger partial charge in [-0.15, -0.1) is 0 Å². The topological polar surface area (TPSA) is 77.0 Å². The summed E-state index contributed by atoms with van der Waals surface area (Å²) in [6.07, 6.45) is 1.70. The predicted octanol–water partition coefficient (Wildman–Crippen LogP) is 4.39. The number of carbonyl (C=O) groups excluding carboxylic acids is 1. The van der Waals surface area contributed by atoms with Gasteiger partial charge < -0.3 is 14.1 Å². The first kappa shape index (κ1) is 24.8. The number of hydrogen-bond donors (Lipinski definition) is 0. The second-order valence-electron chi connectivity index (χ2n) is 8.77. The number of allylic oxidation sites excluding steroid dienone is 1. The number of furan rings is 1. The lowest BCUT2D eigenvalue weighted by Gasteiger charge is -2.25. The molecule has 5 rings (SSSR count). The van der Waals surface area contributed by atoms with E-state index < -0.39 is 12.0 Å². The molecule has 1 atom stereocenters. The van der Waals surface area contributed by atoms with Crippen LogP contribution in [-0.4, -0.2) is 31.7 Å². The number of methoxy groups -OCH3 is 1. The van der Waals surface area contributed by atoms with Gasteiger partial charge in [0.2, 0.25) is 0 Å². The third kappa shape index (κ3) is 4.65. The van der Waals surface area contributed by atoms with Crippen LogP contribution in [0.5, 0.6) is 0 Å². The summed E-state index contributed by atoms with van der Waals surface area (Å²) >= 11 is 7.36. The molecule has 0 bridgehead atoms. The van der Waals surface area contributed by atoms with Crippen LogP contribution in [0.2, 0.25) is 5.02 Å². The maximum Gasteiger partial charge on any atom is 0.338 e.